The normalized spacial score (nSPS) is 13.1. The largest absolute Gasteiger partial charge is 0.483 e. The van der Waals surface area contributed by atoms with Crippen molar-refractivity contribution in [2.24, 2.45) is 5.73 Å². The Morgan fingerprint density at radius 1 is 1.17 bits per heavy atom. The van der Waals surface area contributed by atoms with Gasteiger partial charge < -0.3 is 26.0 Å². The molecule has 0 bridgehead atoms. The van der Waals surface area contributed by atoms with Crippen LogP contribution in [0.5, 0.6) is 0 Å². The monoisotopic (exact) mass is 660 g/mol. The summed E-state index contributed by atoms with van der Waals surface area (Å²) < 4.78 is 44.0. The molecule has 1 aliphatic rings. The molecule has 0 radical (unpaired) electrons. The van der Waals surface area contributed by atoms with Gasteiger partial charge in [0.15, 0.2) is 17.2 Å². The molecule has 1 fully saturated rings. The number of anilines is 2. The number of carbonyl (C=O) groups is 3. The van der Waals surface area contributed by atoms with Crippen LogP contribution in [0.2, 0.25) is 5.02 Å². The number of benzene rings is 1. The fourth-order valence-corrected chi connectivity index (χ4v) is 5.08. The molecule has 1 aliphatic heterocycles. The summed E-state index contributed by atoms with van der Waals surface area (Å²) in [6.07, 6.45) is 0.963. The van der Waals surface area contributed by atoms with E-state index in [1.54, 1.807) is 28.0 Å². The Kier molecular flexibility index (Phi) is 10.8. The molecule has 4 N–H and O–H groups in total. The quantitative estimate of drug-likeness (QED) is 0.237. The molecule has 0 spiro atoms. The summed E-state index contributed by atoms with van der Waals surface area (Å²) in [5.74, 6) is -0.0632. The Balaban J connectivity index is 0.00000154. The Labute approximate surface area is 264 Å². The molecular weight excluding hydrogens is 633 g/mol. The number of nitrogens with two attached hydrogens (primary N) is 1. The van der Waals surface area contributed by atoms with Crippen molar-refractivity contribution in [3.8, 4) is 17.3 Å². The summed E-state index contributed by atoms with van der Waals surface area (Å²) in [5.41, 5.74) is 5.33. The SMILES string of the molecule is N#CCCn1cc(-c2cnc3c(Nc4ccc(C(=O)N5CCN(C(=O)CCN)CC5)c(Cl)c4)nccn23)c(C(F)(F)F)n1.O=CO. The lowest BCUT2D eigenvalue weighted by molar-refractivity contribution is -0.141. The van der Waals surface area contributed by atoms with Gasteiger partial charge in [-0.05, 0) is 18.2 Å². The minimum atomic E-state index is -4.73. The third-order valence-electron chi connectivity index (χ3n) is 6.93. The zero-order valence-corrected chi connectivity index (χ0v) is 24.9. The first-order valence-corrected chi connectivity index (χ1v) is 14.2. The van der Waals surface area contributed by atoms with Gasteiger partial charge in [0.25, 0.3) is 12.4 Å². The number of nitrogens with zero attached hydrogens (tertiary/aromatic N) is 8. The molecular formula is C28H28ClF3N10O4. The second-order valence-corrected chi connectivity index (χ2v) is 10.2. The topological polar surface area (TPSA) is 188 Å². The number of alkyl halides is 3. The second-order valence-electron chi connectivity index (χ2n) is 9.81. The number of rotatable bonds is 8. The number of hydrogen-bond acceptors (Lipinski definition) is 9. The van der Waals surface area contributed by atoms with Gasteiger partial charge in [-0.2, -0.15) is 23.5 Å². The third kappa shape index (κ3) is 7.53. The van der Waals surface area contributed by atoms with Crippen LogP contribution in [0, 0.1) is 11.3 Å². The molecule has 4 heterocycles. The van der Waals surface area contributed by atoms with Gasteiger partial charge in [-0.3, -0.25) is 23.5 Å². The van der Waals surface area contributed by atoms with Gasteiger partial charge in [-0.25, -0.2) is 9.97 Å². The van der Waals surface area contributed by atoms with Crippen molar-refractivity contribution in [3.63, 3.8) is 0 Å². The van der Waals surface area contributed by atoms with E-state index in [2.05, 4.69) is 20.4 Å². The molecule has 1 aromatic carbocycles. The van der Waals surface area contributed by atoms with E-state index in [-0.39, 0.29) is 77.5 Å². The maximum atomic E-state index is 13.8. The summed E-state index contributed by atoms with van der Waals surface area (Å²) in [6, 6.07) is 6.65. The highest BCUT2D eigenvalue weighted by molar-refractivity contribution is 6.34. The van der Waals surface area contributed by atoms with Crippen LogP contribution in [0.4, 0.5) is 24.7 Å². The number of aryl methyl sites for hydroxylation is 1. The van der Waals surface area contributed by atoms with E-state index in [9.17, 15) is 22.8 Å². The van der Waals surface area contributed by atoms with Crippen molar-refractivity contribution in [2.45, 2.75) is 25.6 Å². The Bertz CT molecular complexity index is 1760. The molecule has 3 aromatic heterocycles. The number of carbonyl (C=O) groups excluding carboxylic acids is 2. The minimum Gasteiger partial charge on any atom is -0.483 e. The van der Waals surface area contributed by atoms with Crippen LogP contribution in [0.3, 0.4) is 0 Å². The van der Waals surface area contributed by atoms with Gasteiger partial charge in [0.1, 0.15) is 0 Å². The fraction of sp³-hybridized carbons (Fsp3) is 0.321. The van der Waals surface area contributed by atoms with Gasteiger partial charge in [0.05, 0.1) is 47.1 Å². The molecule has 0 saturated carbocycles. The van der Waals surface area contributed by atoms with Crippen molar-refractivity contribution in [1.29, 1.82) is 5.26 Å². The van der Waals surface area contributed by atoms with E-state index in [1.165, 1.54) is 29.2 Å². The Morgan fingerprint density at radius 3 is 2.50 bits per heavy atom. The second kappa shape index (κ2) is 14.7. The zero-order chi connectivity index (χ0) is 33.4. The molecule has 0 atom stereocenters. The van der Waals surface area contributed by atoms with Gasteiger partial charge in [0, 0.05) is 63.4 Å². The molecule has 1 saturated heterocycles. The van der Waals surface area contributed by atoms with Crippen LogP contribution in [0.25, 0.3) is 16.9 Å². The molecule has 5 rings (SSSR count). The number of piperazine rings is 1. The summed E-state index contributed by atoms with van der Waals surface area (Å²) in [6.45, 7) is 1.59. The predicted octanol–water partition coefficient (Wildman–Crippen LogP) is 3.26. The van der Waals surface area contributed by atoms with Gasteiger partial charge in [0.2, 0.25) is 5.91 Å². The van der Waals surface area contributed by atoms with Gasteiger partial charge in [-0.15, -0.1) is 0 Å². The highest BCUT2D eigenvalue weighted by Gasteiger charge is 2.38. The molecule has 18 heteroatoms. The predicted molar refractivity (Wildman–Crippen MR) is 159 cm³/mol. The summed E-state index contributed by atoms with van der Waals surface area (Å²) in [7, 11) is 0. The van der Waals surface area contributed by atoms with Gasteiger partial charge >= 0.3 is 6.18 Å². The van der Waals surface area contributed by atoms with Crippen LogP contribution in [-0.4, -0.2) is 90.1 Å². The molecule has 2 amide bonds. The van der Waals surface area contributed by atoms with Crippen LogP contribution in [0.15, 0.2) is 43.0 Å². The van der Waals surface area contributed by atoms with Crippen molar-refractivity contribution >= 4 is 47.0 Å². The van der Waals surface area contributed by atoms with Crippen LogP contribution in [-0.2, 0) is 22.3 Å². The fourth-order valence-electron chi connectivity index (χ4n) is 4.82. The zero-order valence-electron chi connectivity index (χ0n) is 24.1. The summed E-state index contributed by atoms with van der Waals surface area (Å²) in [5, 5.41) is 22.6. The molecule has 46 heavy (non-hydrogen) atoms. The molecule has 4 aromatic rings. The van der Waals surface area contributed by atoms with Crippen LogP contribution >= 0.6 is 11.6 Å². The summed E-state index contributed by atoms with van der Waals surface area (Å²) in [4.78, 5) is 45.5. The average Bonchev–Trinajstić information content (AvgIpc) is 3.66. The Morgan fingerprint density at radius 2 is 1.87 bits per heavy atom. The minimum absolute atomic E-state index is 0.00336. The number of halogens is 4. The number of nitrogens with one attached hydrogen (secondary N) is 1. The number of carboxylic acid groups (broad SMARTS) is 1. The van der Waals surface area contributed by atoms with Crippen molar-refractivity contribution in [2.75, 3.05) is 38.0 Å². The van der Waals surface area contributed by atoms with Gasteiger partial charge in [-0.1, -0.05) is 11.6 Å². The van der Waals surface area contributed by atoms with Crippen molar-refractivity contribution < 1.29 is 32.7 Å². The molecule has 242 valence electrons. The Hall–Kier alpha value is -5.21. The van der Waals surface area contributed by atoms with E-state index in [4.69, 9.17) is 32.5 Å². The number of hydrogen-bond donors (Lipinski definition) is 3. The third-order valence-corrected chi connectivity index (χ3v) is 7.24. The van der Waals surface area contributed by atoms with Crippen molar-refractivity contribution in [1.82, 2.24) is 33.9 Å². The van der Waals surface area contributed by atoms with Crippen LogP contribution < -0.4 is 11.1 Å². The van der Waals surface area contributed by atoms with E-state index in [1.807, 2.05) is 6.07 Å². The molecule has 0 unspecified atom stereocenters. The number of aromatic nitrogens is 5. The number of imidazole rings is 1. The van der Waals surface area contributed by atoms with E-state index in [0.717, 1.165) is 4.68 Å². The average molecular weight is 661 g/mol. The number of fused-ring (bicyclic) bond motifs is 1. The highest BCUT2D eigenvalue weighted by atomic mass is 35.5. The standard InChI is InChI=1S/C27H26ClF3N10O2.CH2O2/c28-20-14-17(2-3-18(20)26(43)39-12-10-38(11-13-39)22(42)4-6-33)36-24-25-35-15-21(41(25)9-7-34-24)19-16-40(8-1-5-32)37-23(19)27(29,30)31;2-1-3/h2-3,7,9,14-16H,1,4,6,8,10-13,33H2,(H,34,36);1H,(H,2,3). The highest BCUT2D eigenvalue weighted by Crippen LogP contribution is 2.37. The lowest BCUT2D eigenvalue weighted by Crippen LogP contribution is -2.50. The first-order valence-electron chi connectivity index (χ1n) is 13.8. The maximum Gasteiger partial charge on any atom is 0.435 e. The number of nitriles is 1. The lowest BCUT2D eigenvalue weighted by atomic mass is 10.1. The number of amides is 2. The maximum absolute atomic E-state index is 13.8. The summed E-state index contributed by atoms with van der Waals surface area (Å²) >= 11 is 6.49. The van der Waals surface area contributed by atoms with E-state index < -0.39 is 11.9 Å². The van der Waals surface area contributed by atoms with E-state index in [0.29, 0.717) is 31.9 Å². The first kappa shape index (κ1) is 33.7. The van der Waals surface area contributed by atoms with E-state index >= 15 is 0 Å². The lowest BCUT2D eigenvalue weighted by Gasteiger charge is -2.35. The molecule has 0 aliphatic carbocycles. The smallest absolute Gasteiger partial charge is 0.435 e. The van der Waals surface area contributed by atoms with Crippen LogP contribution in [0.1, 0.15) is 28.9 Å². The van der Waals surface area contributed by atoms with Crippen molar-refractivity contribution in [3.05, 3.63) is 59.3 Å². The first-order chi connectivity index (χ1) is 22.0. The molecule has 14 nitrogen and oxygen atoms in total.